The number of nitrogens with one attached hydrogen (secondary N) is 2. The van der Waals surface area contributed by atoms with Gasteiger partial charge in [0.1, 0.15) is 0 Å². The molecule has 3 aromatic rings. The van der Waals surface area contributed by atoms with E-state index in [1.54, 1.807) is 6.20 Å². The first kappa shape index (κ1) is 17.9. The van der Waals surface area contributed by atoms with E-state index in [0.29, 0.717) is 18.9 Å². The minimum atomic E-state index is -0.0182. The second kappa shape index (κ2) is 8.00. The summed E-state index contributed by atoms with van der Waals surface area (Å²) in [5.74, 6) is 0.420. The maximum atomic E-state index is 12.4. The number of carbonyl (C=O) groups excluding carboxylic acids is 1. The highest BCUT2D eigenvalue weighted by atomic mass is 16.1. The van der Waals surface area contributed by atoms with Gasteiger partial charge in [-0.25, -0.2) is 0 Å². The van der Waals surface area contributed by atoms with Crippen molar-refractivity contribution in [2.24, 2.45) is 0 Å². The van der Waals surface area contributed by atoms with Crippen molar-refractivity contribution in [3.63, 3.8) is 0 Å². The number of fused-ring (bicyclic) bond motifs is 1. The van der Waals surface area contributed by atoms with Crippen molar-refractivity contribution in [2.75, 3.05) is 17.2 Å². The largest absolute Gasteiger partial charge is 0.384 e. The number of rotatable bonds is 6. The monoisotopic (exact) mass is 347 g/mol. The lowest BCUT2D eigenvalue weighted by Crippen LogP contribution is -2.17. The Balaban J connectivity index is 1.63. The quantitative estimate of drug-likeness (QED) is 0.652. The minimum Gasteiger partial charge on any atom is -0.384 e. The molecule has 0 aliphatic heterocycles. The zero-order chi connectivity index (χ0) is 18.5. The molecule has 0 saturated heterocycles. The molecule has 0 radical (unpaired) electrons. The zero-order valence-corrected chi connectivity index (χ0v) is 15.5. The third-order valence-corrected chi connectivity index (χ3v) is 4.49. The molecule has 1 heterocycles. The molecule has 3 rings (SSSR count). The van der Waals surface area contributed by atoms with Crippen molar-refractivity contribution in [3.8, 4) is 0 Å². The Morgan fingerprint density at radius 1 is 1.08 bits per heavy atom. The first-order chi connectivity index (χ1) is 12.6. The third kappa shape index (κ3) is 4.02. The molecule has 0 unspecified atom stereocenters. The number of carbonyl (C=O) groups is 1. The highest BCUT2D eigenvalue weighted by Crippen LogP contribution is 2.27. The number of para-hydroxylation sites is 2. The topological polar surface area (TPSA) is 54.0 Å². The predicted octanol–water partition coefficient (Wildman–Crippen LogP) is 5.11. The van der Waals surface area contributed by atoms with E-state index >= 15 is 0 Å². The van der Waals surface area contributed by atoms with Crippen LogP contribution >= 0.6 is 0 Å². The first-order valence-electron chi connectivity index (χ1n) is 9.03. The molecule has 0 aliphatic rings. The van der Waals surface area contributed by atoms with E-state index in [0.717, 1.165) is 22.3 Å². The van der Waals surface area contributed by atoms with Gasteiger partial charge >= 0.3 is 0 Å². The molecule has 2 aromatic carbocycles. The summed E-state index contributed by atoms with van der Waals surface area (Å²) in [6, 6.07) is 16.0. The summed E-state index contributed by atoms with van der Waals surface area (Å²) in [5.41, 5.74) is 5.20. The summed E-state index contributed by atoms with van der Waals surface area (Å²) in [6.07, 6.45) is 2.14. The van der Waals surface area contributed by atoms with E-state index in [1.807, 2.05) is 30.3 Å². The molecule has 0 bridgehead atoms. The van der Waals surface area contributed by atoms with Crippen LogP contribution in [0.2, 0.25) is 0 Å². The lowest BCUT2D eigenvalue weighted by Gasteiger charge is -2.17. The number of pyridine rings is 1. The molecule has 0 atom stereocenters. The van der Waals surface area contributed by atoms with Gasteiger partial charge < -0.3 is 10.6 Å². The SMILES string of the molecule is Cc1cccc(C(C)C)c1NCCC(=O)Nc1cccc2cccnc12. The molecule has 0 saturated carbocycles. The van der Waals surface area contributed by atoms with Gasteiger partial charge in [0.2, 0.25) is 5.91 Å². The van der Waals surface area contributed by atoms with E-state index in [1.165, 1.54) is 11.1 Å². The van der Waals surface area contributed by atoms with E-state index in [-0.39, 0.29) is 5.91 Å². The van der Waals surface area contributed by atoms with E-state index in [9.17, 15) is 4.79 Å². The first-order valence-corrected chi connectivity index (χ1v) is 9.03. The van der Waals surface area contributed by atoms with Gasteiger partial charge in [0, 0.05) is 30.2 Å². The average molecular weight is 347 g/mol. The Kier molecular flexibility index (Phi) is 5.52. The molecule has 1 amide bonds. The number of aromatic nitrogens is 1. The van der Waals surface area contributed by atoms with E-state index < -0.39 is 0 Å². The molecule has 4 heteroatoms. The van der Waals surface area contributed by atoms with Gasteiger partial charge in [-0.1, -0.05) is 50.2 Å². The van der Waals surface area contributed by atoms with Crippen molar-refractivity contribution in [1.82, 2.24) is 4.98 Å². The standard InChI is InChI=1S/C22H25N3O/c1-15(2)18-10-4-7-16(3)21(18)24-14-12-20(26)25-19-11-5-8-17-9-6-13-23-22(17)19/h4-11,13,15,24H,12,14H2,1-3H3,(H,25,26). The fourth-order valence-electron chi connectivity index (χ4n) is 3.13. The summed E-state index contributed by atoms with van der Waals surface area (Å²) in [5, 5.41) is 7.44. The normalized spacial score (nSPS) is 10.9. The second-order valence-electron chi connectivity index (χ2n) is 6.80. The average Bonchev–Trinajstić information content (AvgIpc) is 2.63. The number of hydrogen-bond acceptors (Lipinski definition) is 3. The minimum absolute atomic E-state index is 0.0182. The highest BCUT2D eigenvalue weighted by molar-refractivity contribution is 6.00. The summed E-state index contributed by atoms with van der Waals surface area (Å²) in [4.78, 5) is 16.7. The van der Waals surface area contributed by atoms with Crippen LogP contribution in [0.15, 0.2) is 54.7 Å². The van der Waals surface area contributed by atoms with Gasteiger partial charge in [-0.15, -0.1) is 0 Å². The van der Waals surface area contributed by atoms with Crippen molar-refractivity contribution >= 4 is 28.2 Å². The van der Waals surface area contributed by atoms with Crippen LogP contribution in [0.3, 0.4) is 0 Å². The molecule has 0 aliphatic carbocycles. The zero-order valence-electron chi connectivity index (χ0n) is 15.5. The lowest BCUT2D eigenvalue weighted by molar-refractivity contribution is -0.115. The van der Waals surface area contributed by atoms with Crippen molar-refractivity contribution in [2.45, 2.75) is 33.1 Å². The van der Waals surface area contributed by atoms with Gasteiger partial charge in [-0.05, 0) is 36.1 Å². The lowest BCUT2D eigenvalue weighted by atomic mass is 9.98. The highest BCUT2D eigenvalue weighted by Gasteiger charge is 2.10. The fraction of sp³-hybridized carbons (Fsp3) is 0.273. The van der Waals surface area contributed by atoms with Gasteiger partial charge in [0.25, 0.3) is 0 Å². The molecule has 2 N–H and O–H groups in total. The van der Waals surface area contributed by atoms with Gasteiger partial charge in [-0.3, -0.25) is 9.78 Å². The van der Waals surface area contributed by atoms with Crippen LogP contribution in [0.4, 0.5) is 11.4 Å². The molecule has 4 nitrogen and oxygen atoms in total. The Labute approximate surface area is 154 Å². The summed E-state index contributed by atoms with van der Waals surface area (Å²) in [7, 11) is 0. The number of anilines is 2. The van der Waals surface area contributed by atoms with Crippen LogP contribution in [0.25, 0.3) is 10.9 Å². The summed E-state index contributed by atoms with van der Waals surface area (Å²) in [6.45, 7) is 7.05. The summed E-state index contributed by atoms with van der Waals surface area (Å²) < 4.78 is 0. The van der Waals surface area contributed by atoms with E-state index in [4.69, 9.17) is 0 Å². The molecule has 0 spiro atoms. The maximum absolute atomic E-state index is 12.4. The van der Waals surface area contributed by atoms with E-state index in [2.05, 4.69) is 54.6 Å². The van der Waals surface area contributed by atoms with Crippen LogP contribution in [0.5, 0.6) is 0 Å². The molecular weight excluding hydrogens is 322 g/mol. The number of nitrogens with zero attached hydrogens (tertiary/aromatic N) is 1. The Morgan fingerprint density at radius 2 is 1.85 bits per heavy atom. The maximum Gasteiger partial charge on any atom is 0.226 e. The Bertz CT molecular complexity index is 913. The molecular formula is C22H25N3O. The van der Waals surface area contributed by atoms with Gasteiger partial charge in [0.15, 0.2) is 0 Å². The van der Waals surface area contributed by atoms with Crippen molar-refractivity contribution in [3.05, 3.63) is 65.9 Å². The molecule has 26 heavy (non-hydrogen) atoms. The molecule has 1 aromatic heterocycles. The van der Waals surface area contributed by atoms with Crippen molar-refractivity contribution < 1.29 is 4.79 Å². The number of amides is 1. The predicted molar refractivity (Wildman–Crippen MR) is 109 cm³/mol. The van der Waals surface area contributed by atoms with Gasteiger partial charge in [0.05, 0.1) is 11.2 Å². The fourth-order valence-corrected chi connectivity index (χ4v) is 3.13. The van der Waals surface area contributed by atoms with Crippen LogP contribution in [-0.2, 0) is 4.79 Å². The second-order valence-corrected chi connectivity index (χ2v) is 6.80. The van der Waals surface area contributed by atoms with Crippen LogP contribution in [0, 0.1) is 6.92 Å². The Morgan fingerprint density at radius 3 is 2.65 bits per heavy atom. The van der Waals surface area contributed by atoms with Crippen LogP contribution < -0.4 is 10.6 Å². The van der Waals surface area contributed by atoms with Crippen LogP contribution in [-0.4, -0.2) is 17.4 Å². The third-order valence-electron chi connectivity index (χ3n) is 4.49. The number of aryl methyl sites for hydroxylation is 1. The molecule has 134 valence electrons. The Hall–Kier alpha value is -2.88. The van der Waals surface area contributed by atoms with Crippen molar-refractivity contribution in [1.29, 1.82) is 0 Å². The van der Waals surface area contributed by atoms with Crippen LogP contribution in [0.1, 0.15) is 37.3 Å². The number of hydrogen-bond donors (Lipinski definition) is 2. The number of benzene rings is 2. The van der Waals surface area contributed by atoms with Gasteiger partial charge in [-0.2, -0.15) is 0 Å². The molecule has 0 fully saturated rings. The smallest absolute Gasteiger partial charge is 0.226 e. The summed E-state index contributed by atoms with van der Waals surface area (Å²) >= 11 is 0.